The normalized spacial score (nSPS) is 15.9. The molecule has 2 heterocycles. The molecule has 0 aliphatic carbocycles. The lowest BCUT2D eigenvalue weighted by Crippen LogP contribution is -2.37. The van der Waals surface area contributed by atoms with Crippen LogP contribution in [0.2, 0.25) is 0 Å². The predicted molar refractivity (Wildman–Crippen MR) is 156 cm³/mol. The van der Waals surface area contributed by atoms with Crippen molar-refractivity contribution in [3.8, 4) is 0 Å². The molecular weight excluding hydrogens is 520 g/mol. The summed E-state index contributed by atoms with van der Waals surface area (Å²) in [5.74, 6) is -0.433. The van der Waals surface area contributed by atoms with Crippen LogP contribution in [0.25, 0.3) is 0 Å². The Kier molecular flexibility index (Phi) is 9.74. The summed E-state index contributed by atoms with van der Waals surface area (Å²) in [6.45, 7) is 14.1. The first-order valence-corrected chi connectivity index (χ1v) is 14.7. The summed E-state index contributed by atoms with van der Waals surface area (Å²) < 4.78 is 17.5. The molecule has 0 unspecified atom stereocenters. The number of hydrogen-bond acceptors (Lipinski definition) is 6. The van der Waals surface area contributed by atoms with Crippen molar-refractivity contribution < 1.29 is 28.6 Å². The van der Waals surface area contributed by atoms with Gasteiger partial charge in [-0.1, -0.05) is 30.3 Å². The van der Waals surface area contributed by atoms with Gasteiger partial charge in [-0.25, -0.2) is 9.59 Å². The maximum absolute atomic E-state index is 13.6. The molecular formula is C33H44N2O6. The van der Waals surface area contributed by atoms with Crippen LogP contribution < -0.4 is 0 Å². The fraction of sp³-hybridized carbons (Fsp3) is 0.545. The number of hydrogen-bond donors (Lipinski definition) is 0. The molecule has 41 heavy (non-hydrogen) atoms. The number of benzene rings is 2. The van der Waals surface area contributed by atoms with Gasteiger partial charge >= 0.3 is 12.1 Å². The second kappa shape index (κ2) is 13.1. The van der Waals surface area contributed by atoms with Gasteiger partial charge in [-0.3, -0.25) is 9.69 Å². The van der Waals surface area contributed by atoms with Crippen LogP contribution in [0, 0.1) is 13.8 Å². The van der Waals surface area contributed by atoms with Crippen molar-refractivity contribution in [3.63, 3.8) is 0 Å². The summed E-state index contributed by atoms with van der Waals surface area (Å²) in [6.07, 6.45) is 1.90. The molecule has 1 fully saturated rings. The monoisotopic (exact) mass is 564 g/mol. The van der Waals surface area contributed by atoms with E-state index in [1.807, 2.05) is 69.9 Å². The third-order valence-corrected chi connectivity index (χ3v) is 7.88. The number of carbonyl (C=O) groups excluding carboxylic acids is 3. The molecule has 2 aromatic carbocycles. The Bertz CT molecular complexity index is 1260. The summed E-state index contributed by atoms with van der Waals surface area (Å²) in [5.41, 5.74) is 5.49. The van der Waals surface area contributed by atoms with E-state index in [1.165, 1.54) is 0 Å². The Labute approximate surface area is 243 Å². The molecule has 2 aromatic rings. The SMILES string of the molecule is CCOC(=O)[C@@H](OC(C)(C)C)c1c(C)c2c(c(C)c1CC(=O)N1CCCCC1)CN(C(=O)OCc1ccccc1)C2. The van der Waals surface area contributed by atoms with Crippen LogP contribution in [0.15, 0.2) is 30.3 Å². The van der Waals surface area contributed by atoms with E-state index in [-0.39, 0.29) is 25.5 Å². The predicted octanol–water partition coefficient (Wildman–Crippen LogP) is 5.93. The largest absolute Gasteiger partial charge is 0.464 e. The Morgan fingerprint density at radius 2 is 1.51 bits per heavy atom. The van der Waals surface area contributed by atoms with E-state index in [1.54, 1.807) is 11.8 Å². The number of esters is 1. The first-order chi connectivity index (χ1) is 19.5. The minimum atomic E-state index is -0.998. The number of rotatable bonds is 8. The molecule has 0 spiro atoms. The summed E-state index contributed by atoms with van der Waals surface area (Å²) in [4.78, 5) is 43.7. The van der Waals surface area contributed by atoms with Crippen molar-refractivity contribution in [2.24, 2.45) is 0 Å². The standard InChI is InChI=1S/C33H44N2O6/c1-7-39-31(37)30(41-33(4,5)6)29-23(3)27-20-35(32(38)40-21-24-14-10-8-11-15-24)19-26(27)22(2)25(29)18-28(36)34-16-12-9-13-17-34/h8,10-11,14-15,30H,7,9,12-13,16-21H2,1-6H3/t30-/m0/s1. The fourth-order valence-corrected chi connectivity index (χ4v) is 5.82. The maximum Gasteiger partial charge on any atom is 0.410 e. The number of ether oxygens (including phenoxy) is 3. The quantitative estimate of drug-likeness (QED) is 0.370. The van der Waals surface area contributed by atoms with Gasteiger partial charge in [0.05, 0.1) is 18.6 Å². The number of piperidine rings is 1. The third-order valence-electron chi connectivity index (χ3n) is 7.88. The van der Waals surface area contributed by atoms with Gasteiger partial charge < -0.3 is 19.1 Å². The summed E-state index contributed by atoms with van der Waals surface area (Å²) in [7, 11) is 0. The highest BCUT2D eigenvalue weighted by atomic mass is 16.6. The Hall–Kier alpha value is -3.39. The molecule has 4 rings (SSSR count). The lowest BCUT2D eigenvalue weighted by Gasteiger charge is -2.32. The molecule has 2 aliphatic rings. The Morgan fingerprint density at radius 1 is 0.878 bits per heavy atom. The molecule has 0 aromatic heterocycles. The van der Waals surface area contributed by atoms with Crippen molar-refractivity contribution >= 4 is 18.0 Å². The molecule has 8 nitrogen and oxygen atoms in total. The Balaban J connectivity index is 1.72. The second-order valence-electron chi connectivity index (χ2n) is 12.0. The van der Waals surface area contributed by atoms with Crippen LogP contribution in [-0.4, -0.2) is 53.1 Å². The average Bonchev–Trinajstić information content (AvgIpc) is 3.41. The highest BCUT2D eigenvalue weighted by molar-refractivity contribution is 5.83. The Morgan fingerprint density at radius 3 is 2.12 bits per heavy atom. The van der Waals surface area contributed by atoms with Gasteiger partial charge in [-0.15, -0.1) is 0 Å². The molecule has 1 saturated heterocycles. The first-order valence-electron chi connectivity index (χ1n) is 14.7. The van der Waals surface area contributed by atoms with Crippen LogP contribution in [-0.2, 0) is 49.9 Å². The van der Waals surface area contributed by atoms with E-state index in [2.05, 4.69) is 0 Å². The minimum Gasteiger partial charge on any atom is -0.464 e. The van der Waals surface area contributed by atoms with Crippen molar-refractivity contribution in [1.82, 2.24) is 9.80 Å². The molecule has 2 amide bonds. The fourth-order valence-electron chi connectivity index (χ4n) is 5.82. The van der Waals surface area contributed by atoms with Gasteiger partial charge in [-0.2, -0.15) is 0 Å². The van der Waals surface area contributed by atoms with Gasteiger partial charge in [0.2, 0.25) is 5.91 Å². The zero-order valence-electron chi connectivity index (χ0n) is 25.4. The van der Waals surface area contributed by atoms with Crippen LogP contribution >= 0.6 is 0 Å². The molecule has 0 N–H and O–H groups in total. The molecule has 0 radical (unpaired) electrons. The van der Waals surface area contributed by atoms with Gasteiger partial charge in [0.25, 0.3) is 0 Å². The zero-order chi connectivity index (χ0) is 29.7. The van der Waals surface area contributed by atoms with Crippen LogP contribution in [0.3, 0.4) is 0 Å². The van der Waals surface area contributed by atoms with Gasteiger partial charge in [0.15, 0.2) is 6.10 Å². The van der Waals surface area contributed by atoms with E-state index in [0.717, 1.165) is 65.7 Å². The summed E-state index contributed by atoms with van der Waals surface area (Å²) >= 11 is 0. The van der Waals surface area contributed by atoms with Crippen molar-refractivity contribution in [2.75, 3.05) is 19.7 Å². The number of carbonyl (C=O) groups is 3. The molecule has 222 valence electrons. The smallest absolute Gasteiger partial charge is 0.410 e. The maximum atomic E-state index is 13.6. The minimum absolute atomic E-state index is 0.0453. The van der Waals surface area contributed by atoms with Crippen molar-refractivity contribution in [1.29, 1.82) is 0 Å². The highest BCUT2D eigenvalue weighted by Crippen LogP contribution is 2.40. The summed E-state index contributed by atoms with van der Waals surface area (Å²) in [6, 6.07) is 9.59. The van der Waals surface area contributed by atoms with Gasteiger partial charge in [0, 0.05) is 26.2 Å². The van der Waals surface area contributed by atoms with E-state index < -0.39 is 23.8 Å². The lowest BCUT2D eigenvalue weighted by molar-refractivity contribution is -0.167. The number of amides is 2. The van der Waals surface area contributed by atoms with Gasteiger partial charge in [0.1, 0.15) is 6.61 Å². The molecule has 0 saturated carbocycles. The third kappa shape index (κ3) is 7.28. The lowest BCUT2D eigenvalue weighted by atomic mass is 9.84. The van der Waals surface area contributed by atoms with Gasteiger partial charge in [-0.05, 0) is 99.7 Å². The van der Waals surface area contributed by atoms with E-state index in [0.29, 0.717) is 18.7 Å². The second-order valence-corrected chi connectivity index (χ2v) is 12.0. The van der Waals surface area contributed by atoms with Crippen molar-refractivity contribution in [3.05, 3.63) is 69.3 Å². The van der Waals surface area contributed by atoms with Crippen LogP contribution in [0.1, 0.15) is 92.0 Å². The highest BCUT2D eigenvalue weighted by Gasteiger charge is 2.37. The zero-order valence-corrected chi connectivity index (χ0v) is 25.4. The molecule has 8 heteroatoms. The topological polar surface area (TPSA) is 85.4 Å². The first kappa shape index (κ1) is 30.6. The molecule has 2 aliphatic heterocycles. The summed E-state index contributed by atoms with van der Waals surface area (Å²) in [5, 5.41) is 0. The average molecular weight is 565 g/mol. The van der Waals surface area contributed by atoms with E-state index in [9.17, 15) is 14.4 Å². The van der Waals surface area contributed by atoms with E-state index in [4.69, 9.17) is 14.2 Å². The van der Waals surface area contributed by atoms with Crippen molar-refractivity contribution in [2.45, 2.75) is 98.6 Å². The van der Waals surface area contributed by atoms with E-state index >= 15 is 0 Å². The van der Waals surface area contributed by atoms with Crippen LogP contribution in [0.5, 0.6) is 0 Å². The number of fused-ring (bicyclic) bond motifs is 1. The molecule has 0 bridgehead atoms. The number of nitrogens with zero attached hydrogens (tertiary/aromatic N) is 2. The number of likely N-dealkylation sites (tertiary alicyclic amines) is 1. The van der Waals surface area contributed by atoms with Crippen LogP contribution in [0.4, 0.5) is 4.79 Å². The molecule has 1 atom stereocenters.